The molecule has 5 nitrogen and oxygen atoms in total. The van der Waals surface area contributed by atoms with Crippen LogP contribution in [0, 0.1) is 0 Å². The van der Waals surface area contributed by atoms with Crippen molar-refractivity contribution in [2.24, 2.45) is 5.73 Å². The number of hydrogen-bond donors (Lipinski definition) is 2. The van der Waals surface area contributed by atoms with Crippen LogP contribution in [-0.2, 0) is 14.3 Å². The van der Waals surface area contributed by atoms with Gasteiger partial charge in [0.1, 0.15) is 0 Å². The zero-order chi connectivity index (χ0) is 8.91. The first-order valence-electron chi connectivity index (χ1n) is 3.07. The van der Waals surface area contributed by atoms with Crippen molar-refractivity contribution in [3.05, 3.63) is 0 Å². The van der Waals surface area contributed by atoms with Crippen molar-refractivity contribution in [2.75, 3.05) is 7.11 Å². The monoisotopic (exact) mass is 161 g/mol. The van der Waals surface area contributed by atoms with Gasteiger partial charge in [0.2, 0.25) is 6.41 Å². The summed E-state index contributed by atoms with van der Waals surface area (Å²) in [5.41, 5.74) is 3.38. The molecule has 1 saturated carbocycles. The molecule has 0 unspecified atom stereocenters. The average molecular weight is 161 g/mol. The molecule has 0 bridgehead atoms. The lowest BCUT2D eigenvalue weighted by molar-refractivity contribution is -0.151. The normalized spacial score (nSPS) is 17.5. The number of carboxylic acid groups (broad SMARTS) is 1. The van der Waals surface area contributed by atoms with E-state index in [9.17, 15) is 4.79 Å². The van der Waals surface area contributed by atoms with Gasteiger partial charge in [-0.25, -0.2) is 4.79 Å². The second-order valence-electron chi connectivity index (χ2n) is 2.14. The minimum Gasteiger partial charge on any atom is -0.479 e. The number of methoxy groups -OCH3 is 1. The fourth-order valence-corrected chi connectivity index (χ4v) is 0.619. The van der Waals surface area contributed by atoms with Gasteiger partial charge in [0.05, 0.1) is 0 Å². The Labute approximate surface area is 64.1 Å². The van der Waals surface area contributed by atoms with Crippen LogP contribution < -0.4 is 5.73 Å². The molecule has 1 aliphatic carbocycles. The van der Waals surface area contributed by atoms with Gasteiger partial charge in [-0.05, 0) is 12.8 Å². The molecule has 0 atom stereocenters. The van der Waals surface area contributed by atoms with E-state index in [0.717, 1.165) is 0 Å². The summed E-state index contributed by atoms with van der Waals surface area (Å²) >= 11 is 0. The zero-order valence-corrected chi connectivity index (χ0v) is 6.24. The maximum atomic E-state index is 10.2. The molecule has 5 heteroatoms. The SMILES string of the molecule is COC1(C(=O)O)CC1.NC=O. The van der Waals surface area contributed by atoms with E-state index in [4.69, 9.17) is 14.6 Å². The van der Waals surface area contributed by atoms with E-state index in [1.54, 1.807) is 0 Å². The summed E-state index contributed by atoms with van der Waals surface area (Å²) in [6.45, 7) is 0. The van der Waals surface area contributed by atoms with Gasteiger partial charge in [0.15, 0.2) is 5.60 Å². The smallest absolute Gasteiger partial charge is 0.335 e. The Kier molecular flexibility index (Phi) is 3.53. The van der Waals surface area contributed by atoms with Crippen LogP contribution in [0.4, 0.5) is 0 Å². The Morgan fingerprint density at radius 1 is 1.73 bits per heavy atom. The van der Waals surface area contributed by atoms with E-state index in [1.165, 1.54) is 7.11 Å². The number of aliphatic carboxylic acids is 1. The van der Waals surface area contributed by atoms with Crippen LogP contribution in [0.15, 0.2) is 0 Å². The number of carbonyl (C=O) groups is 2. The van der Waals surface area contributed by atoms with Gasteiger partial charge in [0.25, 0.3) is 0 Å². The molecule has 64 valence electrons. The third-order valence-electron chi connectivity index (χ3n) is 1.48. The number of hydrogen-bond acceptors (Lipinski definition) is 3. The molecular formula is C6H11NO4. The van der Waals surface area contributed by atoms with E-state index < -0.39 is 11.6 Å². The second-order valence-corrected chi connectivity index (χ2v) is 2.14. The standard InChI is InChI=1S/C5H8O3.CH3NO/c1-8-5(2-3-5)4(6)7;2-1-3/h2-3H2,1H3,(H,6,7);1H,(H2,2,3). The quantitative estimate of drug-likeness (QED) is 0.526. The Morgan fingerprint density at radius 2 is 2.09 bits per heavy atom. The third kappa shape index (κ3) is 2.55. The fourth-order valence-electron chi connectivity index (χ4n) is 0.619. The predicted molar refractivity (Wildman–Crippen MR) is 36.9 cm³/mol. The maximum Gasteiger partial charge on any atom is 0.335 e. The minimum absolute atomic E-state index is 0.250. The van der Waals surface area contributed by atoms with Crippen molar-refractivity contribution in [2.45, 2.75) is 18.4 Å². The van der Waals surface area contributed by atoms with Crippen LogP contribution in [0.3, 0.4) is 0 Å². The lowest BCUT2D eigenvalue weighted by Crippen LogP contribution is -2.23. The van der Waals surface area contributed by atoms with Crippen LogP contribution in [-0.4, -0.2) is 30.2 Å². The minimum atomic E-state index is -0.833. The number of amides is 1. The fraction of sp³-hybridized carbons (Fsp3) is 0.667. The molecule has 0 spiro atoms. The van der Waals surface area contributed by atoms with E-state index in [2.05, 4.69) is 5.73 Å². The van der Waals surface area contributed by atoms with Gasteiger partial charge in [0, 0.05) is 7.11 Å². The van der Waals surface area contributed by atoms with Crippen LogP contribution in [0.1, 0.15) is 12.8 Å². The average Bonchev–Trinajstić information content (AvgIpc) is 2.68. The number of primary amides is 1. The molecule has 11 heavy (non-hydrogen) atoms. The van der Waals surface area contributed by atoms with Gasteiger partial charge in [-0.15, -0.1) is 0 Å². The van der Waals surface area contributed by atoms with Crippen molar-refractivity contribution in [1.82, 2.24) is 0 Å². The van der Waals surface area contributed by atoms with Gasteiger partial charge >= 0.3 is 5.97 Å². The zero-order valence-electron chi connectivity index (χ0n) is 6.24. The Morgan fingerprint density at radius 3 is 2.09 bits per heavy atom. The van der Waals surface area contributed by atoms with Gasteiger partial charge in [-0.3, -0.25) is 4.79 Å². The molecule has 1 amide bonds. The molecular weight excluding hydrogens is 150 g/mol. The molecule has 0 heterocycles. The van der Waals surface area contributed by atoms with Crippen molar-refractivity contribution >= 4 is 12.4 Å². The molecule has 1 aliphatic rings. The number of carboxylic acids is 1. The highest BCUT2D eigenvalue weighted by Crippen LogP contribution is 2.38. The molecule has 0 radical (unpaired) electrons. The number of nitrogens with two attached hydrogens (primary N) is 1. The molecule has 0 aromatic carbocycles. The molecule has 1 fully saturated rings. The highest BCUT2D eigenvalue weighted by atomic mass is 16.5. The summed E-state index contributed by atoms with van der Waals surface area (Å²) in [6, 6.07) is 0. The molecule has 0 aromatic rings. The van der Waals surface area contributed by atoms with E-state index >= 15 is 0 Å². The van der Waals surface area contributed by atoms with Gasteiger partial charge < -0.3 is 15.6 Å². The summed E-state index contributed by atoms with van der Waals surface area (Å²) in [4.78, 5) is 18.8. The Hall–Kier alpha value is -1.10. The van der Waals surface area contributed by atoms with E-state index in [-0.39, 0.29) is 6.41 Å². The lowest BCUT2D eigenvalue weighted by Gasteiger charge is -2.03. The number of rotatable bonds is 2. The maximum absolute atomic E-state index is 10.2. The van der Waals surface area contributed by atoms with Crippen molar-refractivity contribution in [3.8, 4) is 0 Å². The second kappa shape index (κ2) is 3.92. The van der Waals surface area contributed by atoms with Crippen molar-refractivity contribution in [3.63, 3.8) is 0 Å². The van der Waals surface area contributed by atoms with Crippen LogP contribution in [0.2, 0.25) is 0 Å². The summed E-state index contributed by atoms with van der Waals surface area (Å²) in [5, 5.41) is 8.38. The lowest BCUT2D eigenvalue weighted by atomic mass is 10.3. The molecule has 1 rings (SSSR count). The first-order chi connectivity index (χ1) is 5.13. The summed E-state index contributed by atoms with van der Waals surface area (Å²) < 4.78 is 4.71. The van der Waals surface area contributed by atoms with E-state index in [0.29, 0.717) is 12.8 Å². The number of ether oxygens (including phenoxy) is 1. The molecule has 0 aliphatic heterocycles. The molecule has 3 N–H and O–H groups in total. The summed E-state index contributed by atoms with van der Waals surface area (Å²) in [5.74, 6) is -0.833. The van der Waals surface area contributed by atoms with Gasteiger partial charge in [-0.1, -0.05) is 0 Å². The third-order valence-corrected chi connectivity index (χ3v) is 1.48. The van der Waals surface area contributed by atoms with Gasteiger partial charge in [-0.2, -0.15) is 0 Å². The van der Waals surface area contributed by atoms with Crippen molar-refractivity contribution in [1.29, 1.82) is 0 Å². The highest BCUT2D eigenvalue weighted by molar-refractivity contribution is 5.80. The van der Waals surface area contributed by atoms with Crippen molar-refractivity contribution < 1.29 is 19.4 Å². The molecule has 0 saturated heterocycles. The van der Waals surface area contributed by atoms with Crippen LogP contribution >= 0.6 is 0 Å². The Balaban J connectivity index is 0.000000292. The highest BCUT2D eigenvalue weighted by Gasteiger charge is 2.50. The first-order valence-corrected chi connectivity index (χ1v) is 3.07. The van der Waals surface area contributed by atoms with Crippen LogP contribution in [0.25, 0.3) is 0 Å². The predicted octanol–water partition coefficient (Wildman–Crippen LogP) is -0.648. The summed E-state index contributed by atoms with van der Waals surface area (Å²) in [6.07, 6.45) is 1.58. The molecule has 0 aromatic heterocycles. The van der Waals surface area contributed by atoms with Crippen LogP contribution in [0.5, 0.6) is 0 Å². The van der Waals surface area contributed by atoms with E-state index in [1.807, 2.05) is 0 Å². The topological polar surface area (TPSA) is 89.6 Å². The first kappa shape index (κ1) is 9.90. The summed E-state index contributed by atoms with van der Waals surface area (Å²) in [7, 11) is 1.43. The number of carbonyl (C=O) groups excluding carboxylic acids is 1. The largest absolute Gasteiger partial charge is 0.479 e. The Bertz CT molecular complexity index is 153.